The third-order valence-electron chi connectivity index (χ3n) is 4.68. The minimum Gasteiger partial charge on any atom is -0.309 e. The molecule has 1 heteroatoms. The average molecular weight is 326 g/mol. The monoisotopic (exact) mass is 325 g/mol. The summed E-state index contributed by atoms with van der Waals surface area (Å²) in [4.78, 5) is 0. The van der Waals surface area contributed by atoms with Crippen molar-refractivity contribution in [3.05, 3.63) is 58.7 Å². The molecular weight excluding hydrogens is 290 g/mol. The third-order valence-corrected chi connectivity index (χ3v) is 4.68. The van der Waals surface area contributed by atoms with Crippen LogP contribution in [0.15, 0.2) is 47.6 Å². The minimum absolute atomic E-state index is 0.618. The van der Waals surface area contributed by atoms with Gasteiger partial charge in [0.1, 0.15) is 0 Å². The fourth-order valence-corrected chi connectivity index (χ4v) is 2.97. The van der Waals surface area contributed by atoms with Crippen LogP contribution in [-0.2, 0) is 6.42 Å². The Balaban J connectivity index is 2.56. The second-order valence-corrected chi connectivity index (χ2v) is 6.94. The molecule has 1 unspecified atom stereocenters. The zero-order chi connectivity index (χ0) is 17.9. The van der Waals surface area contributed by atoms with E-state index in [0.29, 0.717) is 5.92 Å². The minimum atomic E-state index is 0.618. The lowest BCUT2D eigenvalue weighted by Gasteiger charge is -2.11. The van der Waals surface area contributed by atoms with Crippen LogP contribution in [0.3, 0.4) is 0 Å². The molecule has 0 heterocycles. The highest BCUT2D eigenvalue weighted by Crippen LogP contribution is 2.20. The molecule has 0 aliphatic rings. The van der Waals surface area contributed by atoms with Crippen LogP contribution < -0.4 is 0 Å². The number of rotatable bonds is 10. The molecule has 0 fully saturated rings. The maximum Gasteiger partial charge on any atom is 0.0133 e. The summed E-state index contributed by atoms with van der Waals surface area (Å²) >= 11 is 0. The maximum absolute atomic E-state index is 8.29. The largest absolute Gasteiger partial charge is 0.309 e. The Bertz CT molecular complexity index is 577. The van der Waals surface area contributed by atoms with Crippen LogP contribution in [0, 0.1) is 5.41 Å². The van der Waals surface area contributed by atoms with Gasteiger partial charge in [-0.15, -0.1) is 0 Å². The first-order valence-electron chi connectivity index (χ1n) is 9.47. The Labute approximate surface area is 149 Å². The number of aryl methyl sites for hydroxylation is 1. The molecule has 1 aromatic carbocycles. The Morgan fingerprint density at radius 1 is 1.21 bits per heavy atom. The molecule has 0 saturated heterocycles. The molecule has 0 saturated carbocycles. The smallest absolute Gasteiger partial charge is 0.0133 e. The average Bonchev–Trinajstić information content (AvgIpc) is 2.59. The van der Waals surface area contributed by atoms with Crippen LogP contribution >= 0.6 is 0 Å². The van der Waals surface area contributed by atoms with Crippen molar-refractivity contribution < 1.29 is 0 Å². The second kappa shape index (κ2) is 11.0. The van der Waals surface area contributed by atoms with Gasteiger partial charge in [0, 0.05) is 12.1 Å². The van der Waals surface area contributed by atoms with Crippen LogP contribution in [0.4, 0.5) is 0 Å². The summed E-state index contributed by atoms with van der Waals surface area (Å²) in [6, 6.07) is 8.90. The zero-order valence-electron chi connectivity index (χ0n) is 16.3. The van der Waals surface area contributed by atoms with Gasteiger partial charge in [-0.2, -0.15) is 0 Å². The summed E-state index contributed by atoms with van der Waals surface area (Å²) in [5.74, 6) is 0.618. The van der Waals surface area contributed by atoms with Crippen molar-refractivity contribution in [3.63, 3.8) is 0 Å². The highest BCUT2D eigenvalue weighted by Gasteiger charge is 2.05. The summed E-state index contributed by atoms with van der Waals surface area (Å²) in [6.07, 6.45) is 10.6. The Morgan fingerprint density at radius 3 is 2.58 bits per heavy atom. The molecule has 24 heavy (non-hydrogen) atoms. The van der Waals surface area contributed by atoms with Gasteiger partial charge < -0.3 is 5.41 Å². The van der Waals surface area contributed by atoms with Crippen LogP contribution in [0.5, 0.6) is 0 Å². The molecule has 0 aliphatic heterocycles. The molecule has 1 nitrogen and oxygen atoms in total. The lowest BCUT2D eigenvalue weighted by atomic mass is 9.94. The molecule has 0 aliphatic carbocycles. The number of nitrogens with one attached hydrogen (secondary N) is 1. The maximum atomic E-state index is 8.29. The Kier molecular flexibility index (Phi) is 9.37. The molecule has 1 atom stereocenters. The molecule has 132 valence electrons. The van der Waals surface area contributed by atoms with Crippen LogP contribution in [0.1, 0.15) is 83.8 Å². The first-order chi connectivity index (χ1) is 11.5. The van der Waals surface area contributed by atoms with Gasteiger partial charge in [0.05, 0.1) is 0 Å². The SMILES string of the molecule is C/C=C(\C=C(/C)CC(=N)CCc1cccc(C(C)CC)c1)CCC. The molecular formula is C23H35N. The van der Waals surface area contributed by atoms with Gasteiger partial charge in [-0.25, -0.2) is 0 Å². The van der Waals surface area contributed by atoms with Crippen LogP contribution in [-0.4, -0.2) is 5.71 Å². The second-order valence-electron chi connectivity index (χ2n) is 6.94. The zero-order valence-corrected chi connectivity index (χ0v) is 16.3. The Morgan fingerprint density at radius 2 is 1.96 bits per heavy atom. The first-order valence-corrected chi connectivity index (χ1v) is 9.47. The van der Waals surface area contributed by atoms with E-state index in [1.54, 1.807) is 0 Å². The standard InChI is InChI=1S/C23H35N/c1-6-10-20(8-3)15-18(4)16-23(24)14-13-21-11-9-12-22(17-21)19(5)7-2/h8-9,11-12,15,17,19,24H,6-7,10,13-14,16H2,1-5H3/b18-15+,20-8-,24-23?. The number of benzene rings is 1. The topological polar surface area (TPSA) is 23.9 Å². The lowest BCUT2D eigenvalue weighted by Crippen LogP contribution is -2.01. The van der Waals surface area contributed by atoms with Crippen molar-refractivity contribution in [3.8, 4) is 0 Å². The predicted molar refractivity (Wildman–Crippen MR) is 108 cm³/mol. The summed E-state index contributed by atoms with van der Waals surface area (Å²) in [7, 11) is 0. The number of hydrogen-bond donors (Lipinski definition) is 1. The predicted octanol–water partition coefficient (Wildman–Crippen LogP) is 7.24. The summed E-state index contributed by atoms with van der Waals surface area (Å²) in [6.45, 7) is 11.0. The summed E-state index contributed by atoms with van der Waals surface area (Å²) < 4.78 is 0. The van der Waals surface area contributed by atoms with E-state index in [-0.39, 0.29) is 0 Å². The van der Waals surface area contributed by atoms with E-state index in [1.807, 2.05) is 0 Å². The van der Waals surface area contributed by atoms with Gasteiger partial charge in [-0.05, 0) is 56.6 Å². The van der Waals surface area contributed by atoms with Gasteiger partial charge in [0.15, 0.2) is 0 Å². The van der Waals surface area contributed by atoms with Crippen molar-refractivity contribution in [2.45, 2.75) is 79.1 Å². The van der Waals surface area contributed by atoms with E-state index in [0.717, 1.165) is 31.4 Å². The van der Waals surface area contributed by atoms with E-state index >= 15 is 0 Å². The summed E-state index contributed by atoms with van der Waals surface area (Å²) in [5, 5.41) is 8.29. The lowest BCUT2D eigenvalue weighted by molar-refractivity contribution is 0.732. The van der Waals surface area contributed by atoms with Crippen molar-refractivity contribution in [2.24, 2.45) is 0 Å². The van der Waals surface area contributed by atoms with E-state index in [1.165, 1.54) is 35.1 Å². The Hall–Kier alpha value is -1.63. The molecule has 0 radical (unpaired) electrons. The number of hydrogen-bond acceptors (Lipinski definition) is 1. The molecule has 0 amide bonds. The van der Waals surface area contributed by atoms with E-state index in [2.05, 4.69) is 71.0 Å². The van der Waals surface area contributed by atoms with Gasteiger partial charge in [0.2, 0.25) is 0 Å². The van der Waals surface area contributed by atoms with Gasteiger partial charge in [-0.1, -0.05) is 74.8 Å². The molecule has 0 aromatic heterocycles. The van der Waals surface area contributed by atoms with Gasteiger partial charge >= 0.3 is 0 Å². The third kappa shape index (κ3) is 7.29. The molecule has 1 N–H and O–H groups in total. The van der Waals surface area contributed by atoms with Crippen molar-refractivity contribution in [1.29, 1.82) is 5.41 Å². The van der Waals surface area contributed by atoms with Crippen molar-refractivity contribution in [1.82, 2.24) is 0 Å². The van der Waals surface area contributed by atoms with Crippen molar-refractivity contribution in [2.75, 3.05) is 0 Å². The normalized spacial score (nSPS) is 13.9. The van der Waals surface area contributed by atoms with E-state index in [9.17, 15) is 0 Å². The van der Waals surface area contributed by atoms with Crippen LogP contribution in [0.2, 0.25) is 0 Å². The fourth-order valence-electron chi connectivity index (χ4n) is 2.97. The quantitative estimate of drug-likeness (QED) is 0.346. The van der Waals surface area contributed by atoms with Crippen molar-refractivity contribution >= 4 is 5.71 Å². The number of allylic oxidation sites excluding steroid dienone is 4. The van der Waals surface area contributed by atoms with E-state index in [4.69, 9.17) is 5.41 Å². The molecule has 0 bridgehead atoms. The molecule has 1 rings (SSSR count). The van der Waals surface area contributed by atoms with Gasteiger partial charge in [0.25, 0.3) is 0 Å². The molecule has 1 aromatic rings. The van der Waals surface area contributed by atoms with E-state index < -0.39 is 0 Å². The fraction of sp³-hybridized carbons (Fsp3) is 0.522. The molecule has 0 spiro atoms. The first kappa shape index (κ1) is 20.4. The highest BCUT2D eigenvalue weighted by molar-refractivity contribution is 5.83. The van der Waals surface area contributed by atoms with Crippen LogP contribution in [0.25, 0.3) is 0 Å². The van der Waals surface area contributed by atoms with Gasteiger partial charge in [-0.3, -0.25) is 0 Å². The highest BCUT2D eigenvalue weighted by atomic mass is 14.4. The summed E-state index contributed by atoms with van der Waals surface area (Å²) in [5.41, 5.74) is 6.32.